The summed E-state index contributed by atoms with van der Waals surface area (Å²) in [4.78, 5) is 10.6. The van der Waals surface area contributed by atoms with Gasteiger partial charge in [-0.15, -0.1) is 0 Å². The molecule has 114 valence electrons. The summed E-state index contributed by atoms with van der Waals surface area (Å²) in [6, 6.07) is 0. The van der Waals surface area contributed by atoms with Crippen LogP contribution in [0.15, 0.2) is 0 Å². The third kappa shape index (κ3) is 5.13. The first-order valence-electron chi connectivity index (χ1n) is 6.83. The zero-order chi connectivity index (χ0) is 15.3. The number of carboxylic acid groups (broad SMARTS) is 1. The number of aliphatic carboxylic acids is 1. The van der Waals surface area contributed by atoms with Crippen LogP contribution in [0.4, 0.5) is 0 Å². The van der Waals surface area contributed by atoms with E-state index < -0.39 is 5.97 Å². The third-order valence-electron chi connectivity index (χ3n) is 3.57. The molecule has 0 fully saturated rings. The highest BCUT2D eigenvalue weighted by Crippen LogP contribution is 2.26. The molecule has 1 heterocycles. The van der Waals surface area contributed by atoms with E-state index in [1.165, 1.54) is 0 Å². The number of nitrogens with zero attached hydrogens (tertiary/aromatic N) is 2. The zero-order valence-electron chi connectivity index (χ0n) is 12.7. The second kappa shape index (κ2) is 7.09. The van der Waals surface area contributed by atoms with Gasteiger partial charge in [0.15, 0.2) is 0 Å². The number of hydrogen-bond acceptors (Lipinski definition) is 3. The van der Waals surface area contributed by atoms with Gasteiger partial charge in [0.05, 0.1) is 5.69 Å². The predicted octanol–water partition coefficient (Wildman–Crippen LogP) is 2.75. The van der Waals surface area contributed by atoms with E-state index in [0.717, 1.165) is 24.2 Å². The second-order valence-corrected chi connectivity index (χ2v) is 6.32. The molecule has 0 bridgehead atoms. The Labute approximate surface area is 125 Å². The van der Waals surface area contributed by atoms with Crippen molar-refractivity contribution in [3.8, 4) is 0 Å². The van der Waals surface area contributed by atoms with E-state index in [4.69, 9.17) is 16.7 Å². The highest BCUT2D eigenvalue weighted by atomic mass is 35.5. The van der Waals surface area contributed by atoms with Gasteiger partial charge >= 0.3 is 5.97 Å². The molecule has 6 heteroatoms. The first-order valence-corrected chi connectivity index (χ1v) is 7.21. The molecule has 0 radical (unpaired) electrons. The third-order valence-corrected chi connectivity index (χ3v) is 4.04. The number of rotatable bonds is 8. The molecule has 0 aliphatic carbocycles. The van der Waals surface area contributed by atoms with Crippen molar-refractivity contribution in [2.24, 2.45) is 12.5 Å². The molecule has 2 N–H and O–H groups in total. The minimum absolute atomic E-state index is 0.0270. The fourth-order valence-corrected chi connectivity index (χ4v) is 2.33. The molecule has 0 unspecified atom stereocenters. The summed E-state index contributed by atoms with van der Waals surface area (Å²) in [6.07, 6.45) is 1.84. The van der Waals surface area contributed by atoms with Crippen LogP contribution in [0.5, 0.6) is 0 Å². The van der Waals surface area contributed by atoms with Gasteiger partial charge in [0.2, 0.25) is 0 Å². The molecule has 1 rings (SSSR count). The van der Waals surface area contributed by atoms with Crippen LogP contribution in [-0.4, -0.2) is 27.4 Å². The number of nitrogens with one attached hydrogen (secondary N) is 1. The number of carbonyl (C=O) groups is 1. The van der Waals surface area contributed by atoms with Crippen molar-refractivity contribution in [3.05, 3.63) is 16.4 Å². The SMILES string of the molecule is Cc1nn(C)c(Cl)c1CNCCC(C)(C)CCC(=O)O. The van der Waals surface area contributed by atoms with Crippen LogP contribution in [0.25, 0.3) is 0 Å². The lowest BCUT2D eigenvalue weighted by molar-refractivity contribution is -0.137. The summed E-state index contributed by atoms with van der Waals surface area (Å²) in [6.45, 7) is 7.66. The summed E-state index contributed by atoms with van der Waals surface area (Å²) in [5.41, 5.74) is 1.99. The van der Waals surface area contributed by atoms with Crippen molar-refractivity contribution < 1.29 is 9.90 Å². The molecule has 0 amide bonds. The Bertz CT molecular complexity index is 469. The Morgan fingerprint density at radius 3 is 2.60 bits per heavy atom. The van der Waals surface area contributed by atoms with Crippen LogP contribution >= 0.6 is 11.6 Å². The van der Waals surface area contributed by atoms with Gasteiger partial charge in [-0.1, -0.05) is 25.4 Å². The van der Waals surface area contributed by atoms with E-state index in [-0.39, 0.29) is 11.8 Å². The van der Waals surface area contributed by atoms with Crippen molar-refractivity contribution in [3.63, 3.8) is 0 Å². The molecular formula is C14H24ClN3O2. The number of carboxylic acids is 1. The lowest BCUT2D eigenvalue weighted by atomic mass is 9.84. The van der Waals surface area contributed by atoms with E-state index in [1.54, 1.807) is 4.68 Å². The number of aromatic nitrogens is 2. The van der Waals surface area contributed by atoms with Crippen LogP contribution in [0, 0.1) is 12.3 Å². The fraction of sp³-hybridized carbons (Fsp3) is 0.714. The molecule has 0 aromatic carbocycles. The lowest BCUT2D eigenvalue weighted by Gasteiger charge is -2.23. The van der Waals surface area contributed by atoms with Gasteiger partial charge in [-0.25, -0.2) is 0 Å². The first kappa shape index (κ1) is 17.0. The van der Waals surface area contributed by atoms with Gasteiger partial charge in [0.1, 0.15) is 5.15 Å². The predicted molar refractivity (Wildman–Crippen MR) is 79.9 cm³/mol. The normalized spacial score (nSPS) is 11.8. The Morgan fingerprint density at radius 1 is 1.45 bits per heavy atom. The van der Waals surface area contributed by atoms with Gasteiger partial charge in [-0.3, -0.25) is 9.48 Å². The molecule has 0 aliphatic heterocycles. The molecule has 1 aromatic rings. The smallest absolute Gasteiger partial charge is 0.303 e. The Balaban J connectivity index is 2.36. The summed E-state index contributed by atoms with van der Waals surface area (Å²) >= 11 is 6.16. The van der Waals surface area contributed by atoms with Crippen molar-refractivity contribution in [1.82, 2.24) is 15.1 Å². The maximum absolute atomic E-state index is 10.6. The van der Waals surface area contributed by atoms with Gasteiger partial charge in [-0.05, 0) is 31.7 Å². The Kier molecular flexibility index (Phi) is 6.02. The molecule has 0 saturated heterocycles. The standard InChI is InChI=1S/C14H24ClN3O2/c1-10-11(13(15)18(4)17-10)9-16-8-7-14(2,3)6-5-12(19)20/h16H,5-9H2,1-4H3,(H,19,20). The minimum atomic E-state index is -0.733. The topological polar surface area (TPSA) is 67.2 Å². The van der Waals surface area contributed by atoms with Crippen molar-refractivity contribution in [1.29, 1.82) is 0 Å². The van der Waals surface area contributed by atoms with Gasteiger partial charge in [0.25, 0.3) is 0 Å². The highest BCUT2D eigenvalue weighted by Gasteiger charge is 2.19. The molecule has 5 nitrogen and oxygen atoms in total. The first-order chi connectivity index (χ1) is 9.23. The average Bonchev–Trinajstić information content (AvgIpc) is 2.58. The second-order valence-electron chi connectivity index (χ2n) is 5.96. The van der Waals surface area contributed by atoms with Crippen LogP contribution in [-0.2, 0) is 18.4 Å². The largest absolute Gasteiger partial charge is 0.481 e. The molecule has 0 aliphatic rings. The summed E-state index contributed by atoms with van der Waals surface area (Å²) < 4.78 is 1.67. The molecular weight excluding hydrogens is 278 g/mol. The van der Waals surface area contributed by atoms with E-state index in [1.807, 2.05) is 14.0 Å². The van der Waals surface area contributed by atoms with Crippen LogP contribution in [0.3, 0.4) is 0 Å². The average molecular weight is 302 g/mol. The van der Waals surface area contributed by atoms with Crippen molar-refractivity contribution in [2.75, 3.05) is 6.54 Å². The minimum Gasteiger partial charge on any atom is -0.481 e. The molecule has 0 atom stereocenters. The maximum atomic E-state index is 10.6. The zero-order valence-corrected chi connectivity index (χ0v) is 13.4. The van der Waals surface area contributed by atoms with Crippen LogP contribution < -0.4 is 5.32 Å². The monoisotopic (exact) mass is 301 g/mol. The van der Waals surface area contributed by atoms with Crippen molar-refractivity contribution in [2.45, 2.75) is 46.6 Å². The molecule has 0 saturated carbocycles. The van der Waals surface area contributed by atoms with E-state index in [0.29, 0.717) is 18.1 Å². The number of hydrogen-bond donors (Lipinski definition) is 2. The maximum Gasteiger partial charge on any atom is 0.303 e. The fourth-order valence-electron chi connectivity index (χ4n) is 2.09. The molecule has 20 heavy (non-hydrogen) atoms. The quantitative estimate of drug-likeness (QED) is 0.725. The van der Waals surface area contributed by atoms with Crippen LogP contribution in [0.1, 0.15) is 44.4 Å². The number of aryl methyl sites for hydroxylation is 2. The van der Waals surface area contributed by atoms with Crippen LogP contribution in [0.2, 0.25) is 5.15 Å². The summed E-state index contributed by atoms with van der Waals surface area (Å²) in [5, 5.41) is 17.0. The summed E-state index contributed by atoms with van der Waals surface area (Å²) in [5.74, 6) is -0.733. The Hall–Kier alpha value is -1.07. The van der Waals surface area contributed by atoms with Crippen molar-refractivity contribution >= 4 is 17.6 Å². The molecule has 0 spiro atoms. The lowest BCUT2D eigenvalue weighted by Crippen LogP contribution is -2.23. The Morgan fingerprint density at radius 2 is 2.10 bits per heavy atom. The highest BCUT2D eigenvalue weighted by molar-refractivity contribution is 6.30. The number of halogens is 1. The van der Waals surface area contributed by atoms with E-state index >= 15 is 0 Å². The van der Waals surface area contributed by atoms with Gasteiger partial charge in [0, 0.05) is 25.6 Å². The van der Waals surface area contributed by atoms with E-state index in [9.17, 15) is 4.79 Å². The summed E-state index contributed by atoms with van der Waals surface area (Å²) in [7, 11) is 1.83. The molecule has 1 aromatic heterocycles. The van der Waals surface area contributed by atoms with Gasteiger partial charge < -0.3 is 10.4 Å². The van der Waals surface area contributed by atoms with Gasteiger partial charge in [-0.2, -0.15) is 5.10 Å². The van der Waals surface area contributed by atoms with E-state index in [2.05, 4.69) is 24.3 Å².